The number of benzene rings is 1. The second-order valence-electron chi connectivity index (χ2n) is 4.31. The van der Waals surface area contributed by atoms with E-state index in [4.69, 9.17) is 10.5 Å². The molecule has 102 valence electrons. The van der Waals surface area contributed by atoms with Crippen LogP contribution in [-0.4, -0.2) is 26.7 Å². The van der Waals surface area contributed by atoms with Gasteiger partial charge < -0.3 is 20.6 Å². The molecule has 6 nitrogen and oxygen atoms in total. The normalized spacial score (nSPS) is 10.8. The van der Waals surface area contributed by atoms with Crippen molar-refractivity contribution in [2.45, 2.75) is 6.92 Å². The number of ether oxygens (including phenoxy) is 1. The zero-order valence-electron chi connectivity index (χ0n) is 10.9. The van der Waals surface area contributed by atoms with Gasteiger partial charge in [0, 0.05) is 11.6 Å². The van der Waals surface area contributed by atoms with Crippen LogP contribution in [0.3, 0.4) is 0 Å². The number of aromatic amines is 1. The second kappa shape index (κ2) is 4.73. The molecule has 0 spiro atoms. The number of pyridine rings is 1. The quantitative estimate of drug-likeness (QED) is 0.501. The minimum Gasteiger partial charge on any atom is -0.506 e. The van der Waals surface area contributed by atoms with Crippen LogP contribution in [0.5, 0.6) is 11.6 Å². The van der Waals surface area contributed by atoms with Crippen molar-refractivity contribution >= 4 is 16.9 Å². The fourth-order valence-electron chi connectivity index (χ4n) is 1.94. The first-order chi connectivity index (χ1) is 9.67. The zero-order chi connectivity index (χ0) is 14.1. The minimum atomic E-state index is 0.0571. The van der Waals surface area contributed by atoms with E-state index in [9.17, 15) is 5.11 Å². The van der Waals surface area contributed by atoms with Gasteiger partial charge in [0.05, 0.1) is 17.8 Å². The van der Waals surface area contributed by atoms with E-state index in [0.29, 0.717) is 29.6 Å². The van der Waals surface area contributed by atoms with Crippen molar-refractivity contribution in [3.63, 3.8) is 0 Å². The number of fused-ring (bicyclic) bond motifs is 1. The van der Waals surface area contributed by atoms with Gasteiger partial charge in [-0.15, -0.1) is 0 Å². The van der Waals surface area contributed by atoms with Gasteiger partial charge in [0.15, 0.2) is 5.65 Å². The highest BCUT2D eigenvalue weighted by molar-refractivity contribution is 5.77. The van der Waals surface area contributed by atoms with Gasteiger partial charge in [0.2, 0.25) is 5.88 Å². The molecule has 0 aliphatic rings. The Morgan fingerprint density at radius 2 is 2.10 bits per heavy atom. The Morgan fingerprint density at radius 3 is 2.85 bits per heavy atom. The maximum atomic E-state index is 9.44. The number of nitrogens with zero attached hydrogens (tertiary/aromatic N) is 2. The van der Waals surface area contributed by atoms with Crippen molar-refractivity contribution in [2.75, 3.05) is 12.3 Å². The molecule has 0 aliphatic heterocycles. The van der Waals surface area contributed by atoms with Crippen LogP contribution in [0.15, 0.2) is 30.3 Å². The third kappa shape index (κ3) is 2.11. The van der Waals surface area contributed by atoms with Gasteiger partial charge in [0.25, 0.3) is 0 Å². The molecule has 0 unspecified atom stereocenters. The van der Waals surface area contributed by atoms with Crippen LogP contribution in [-0.2, 0) is 0 Å². The molecule has 2 aromatic heterocycles. The molecule has 3 rings (SSSR count). The molecule has 0 saturated heterocycles. The van der Waals surface area contributed by atoms with E-state index in [1.807, 2.05) is 13.0 Å². The van der Waals surface area contributed by atoms with Crippen LogP contribution in [0.1, 0.15) is 6.92 Å². The summed E-state index contributed by atoms with van der Waals surface area (Å²) >= 11 is 0. The van der Waals surface area contributed by atoms with Crippen molar-refractivity contribution in [3.05, 3.63) is 30.3 Å². The number of H-pyrrole nitrogens is 1. The number of rotatable bonds is 3. The maximum absolute atomic E-state index is 9.44. The number of nitrogens with one attached hydrogen (secondary N) is 1. The summed E-state index contributed by atoms with van der Waals surface area (Å²) in [6.07, 6.45) is 0. The van der Waals surface area contributed by atoms with E-state index in [1.54, 1.807) is 18.2 Å². The Bertz CT molecular complexity index is 767. The van der Waals surface area contributed by atoms with E-state index in [0.717, 1.165) is 11.1 Å². The van der Waals surface area contributed by atoms with Crippen molar-refractivity contribution in [1.29, 1.82) is 0 Å². The maximum Gasteiger partial charge on any atom is 0.215 e. The van der Waals surface area contributed by atoms with Crippen molar-refractivity contribution < 1.29 is 9.84 Å². The summed E-state index contributed by atoms with van der Waals surface area (Å²) < 4.78 is 5.35. The molecule has 0 radical (unpaired) electrons. The summed E-state index contributed by atoms with van der Waals surface area (Å²) in [7, 11) is 0. The fourth-order valence-corrected chi connectivity index (χ4v) is 1.94. The van der Waals surface area contributed by atoms with Crippen molar-refractivity contribution in [1.82, 2.24) is 15.0 Å². The van der Waals surface area contributed by atoms with Crippen molar-refractivity contribution in [3.8, 4) is 23.0 Å². The molecule has 0 amide bonds. The number of imidazole rings is 1. The lowest BCUT2D eigenvalue weighted by atomic mass is 10.2. The van der Waals surface area contributed by atoms with Crippen LogP contribution in [0.25, 0.3) is 22.6 Å². The molecule has 0 atom stereocenters. The van der Waals surface area contributed by atoms with Gasteiger partial charge in [-0.1, -0.05) is 0 Å². The number of phenolic OH excluding ortho intramolecular Hbond substituents is 1. The van der Waals surface area contributed by atoms with E-state index in [1.165, 1.54) is 6.07 Å². The first-order valence-corrected chi connectivity index (χ1v) is 6.26. The number of aromatic nitrogens is 3. The monoisotopic (exact) mass is 270 g/mol. The topological polar surface area (TPSA) is 97.0 Å². The predicted molar refractivity (Wildman–Crippen MR) is 76.6 cm³/mol. The Labute approximate surface area is 115 Å². The summed E-state index contributed by atoms with van der Waals surface area (Å²) in [5.41, 5.74) is 8.18. The highest BCUT2D eigenvalue weighted by atomic mass is 16.5. The summed E-state index contributed by atoms with van der Waals surface area (Å²) in [6, 6.07) is 8.60. The number of hydrogen-bond donors (Lipinski definition) is 3. The molecule has 0 fully saturated rings. The summed E-state index contributed by atoms with van der Waals surface area (Å²) in [5.74, 6) is 1.25. The van der Waals surface area contributed by atoms with Gasteiger partial charge >= 0.3 is 0 Å². The van der Waals surface area contributed by atoms with Crippen LogP contribution in [0.2, 0.25) is 0 Å². The van der Waals surface area contributed by atoms with Gasteiger partial charge in [-0.2, -0.15) is 4.98 Å². The summed E-state index contributed by atoms with van der Waals surface area (Å²) in [5, 5.41) is 9.44. The van der Waals surface area contributed by atoms with E-state index in [2.05, 4.69) is 15.0 Å². The molecule has 2 heterocycles. The molecule has 4 N–H and O–H groups in total. The van der Waals surface area contributed by atoms with Crippen LogP contribution >= 0.6 is 0 Å². The van der Waals surface area contributed by atoms with E-state index >= 15 is 0 Å². The number of anilines is 1. The molecule has 20 heavy (non-hydrogen) atoms. The number of nitrogens with two attached hydrogens (primary N) is 1. The van der Waals surface area contributed by atoms with Crippen LogP contribution in [0, 0.1) is 0 Å². The van der Waals surface area contributed by atoms with E-state index < -0.39 is 0 Å². The lowest BCUT2D eigenvalue weighted by Crippen LogP contribution is -1.93. The standard InChI is InChI=1S/C14H14N4O2/c1-2-20-12-6-4-10-14(17-12)18-13(16-10)8-3-5-11(19)9(15)7-8/h3-7,19H,2,15H2,1H3,(H,16,17,18). The number of aromatic hydroxyl groups is 1. The Hall–Kier alpha value is -2.76. The highest BCUT2D eigenvalue weighted by Crippen LogP contribution is 2.27. The first-order valence-electron chi connectivity index (χ1n) is 6.26. The summed E-state index contributed by atoms with van der Waals surface area (Å²) in [4.78, 5) is 11.9. The largest absolute Gasteiger partial charge is 0.506 e. The SMILES string of the molecule is CCOc1ccc2[nH]c(-c3ccc(O)c(N)c3)nc2n1. The average Bonchev–Trinajstić information content (AvgIpc) is 2.85. The molecular weight excluding hydrogens is 256 g/mol. The van der Waals surface area contributed by atoms with Gasteiger partial charge in [-0.3, -0.25) is 0 Å². The third-order valence-electron chi connectivity index (χ3n) is 2.91. The Balaban J connectivity index is 2.05. The molecule has 1 aromatic carbocycles. The lowest BCUT2D eigenvalue weighted by molar-refractivity contribution is 0.328. The number of hydrogen-bond acceptors (Lipinski definition) is 5. The third-order valence-corrected chi connectivity index (χ3v) is 2.91. The zero-order valence-corrected chi connectivity index (χ0v) is 10.9. The minimum absolute atomic E-state index is 0.0571. The highest BCUT2D eigenvalue weighted by Gasteiger charge is 2.09. The van der Waals surface area contributed by atoms with Gasteiger partial charge in [-0.05, 0) is 31.2 Å². The van der Waals surface area contributed by atoms with Crippen molar-refractivity contribution in [2.24, 2.45) is 0 Å². The fraction of sp³-hybridized carbons (Fsp3) is 0.143. The molecule has 3 aromatic rings. The lowest BCUT2D eigenvalue weighted by Gasteiger charge is -2.00. The van der Waals surface area contributed by atoms with Gasteiger partial charge in [0.1, 0.15) is 11.6 Å². The van der Waals surface area contributed by atoms with Crippen LogP contribution < -0.4 is 10.5 Å². The number of phenols is 1. The number of nitrogen functional groups attached to an aromatic ring is 1. The predicted octanol–water partition coefficient (Wildman–Crippen LogP) is 2.31. The second-order valence-corrected chi connectivity index (χ2v) is 4.31. The smallest absolute Gasteiger partial charge is 0.215 e. The molecule has 0 bridgehead atoms. The molecule has 6 heteroatoms. The summed E-state index contributed by atoms with van der Waals surface area (Å²) in [6.45, 7) is 2.46. The van der Waals surface area contributed by atoms with E-state index in [-0.39, 0.29) is 5.75 Å². The molecule has 0 aliphatic carbocycles. The Morgan fingerprint density at radius 1 is 1.25 bits per heavy atom. The van der Waals surface area contributed by atoms with Gasteiger partial charge in [-0.25, -0.2) is 4.98 Å². The molecular formula is C14H14N4O2. The molecule has 0 saturated carbocycles. The van der Waals surface area contributed by atoms with Crippen LogP contribution in [0.4, 0.5) is 5.69 Å². The Kier molecular flexibility index (Phi) is 2.90. The average molecular weight is 270 g/mol. The first kappa shape index (κ1) is 12.3.